The zero-order chi connectivity index (χ0) is 14.6. The largest absolute Gasteiger partial charge is 0.383 e. The average Bonchev–Trinajstić information content (AvgIpc) is 2.41. The second kappa shape index (κ2) is 6.51. The topological polar surface area (TPSA) is 88.3 Å². The first-order chi connectivity index (χ1) is 9.53. The molecule has 0 saturated carbocycles. The van der Waals surface area contributed by atoms with Crippen LogP contribution in [-0.4, -0.2) is 44.0 Å². The van der Waals surface area contributed by atoms with Gasteiger partial charge in [-0.2, -0.15) is 0 Å². The van der Waals surface area contributed by atoms with Crippen molar-refractivity contribution in [3.8, 4) is 0 Å². The second-order valence-corrected chi connectivity index (χ2v) is 6.81. The van der Waals surface area contributed by atoms with Gasteiger partial charge in [-0.3, -0.25) is 0 Å². The van der Waals surface area contributed by atoms with Crippen molar-refractivity contribution in [2.45, 2.75) is 37.1 Å². The summed E-state index contributed by atoms with van der Waals surface area (Å²) in [5.41, 5.74) is 5.63. The molecule has 20 heavy (non-hydrogen) atoms. The van der Waals surface area contributed by atoms with Gasteiger partial charge in [0, 0.05) is 12.2 Å². The van der Waals surface area contributed by atoms with Crippen molar-refractivity contribution in [2.24, 2.45) is 0 Å². The summed E-state index contributed by atoms with van der Waals surface area (Å²) in [6.45, 7) is 5.10. The third kappa shape index (κ3) is 3.68. The third-order valence-corrected chi connectivity index (χ3v) is 5.11. The van der Waals surface area contributed by atoms with Gasteiger partial charge in [-0.1, -0.05) is 6.92 Å². The number of nitrogen functional groups attached to an aromatic ring is 1. The van der Waals surface area contributed by atoms with Crippen LogP contribution in [0.3, 0.4) is 0 Å². The molecule has 2 heterocycles. The quantitative estimate of drug-likeness (QED) is 0.840. The van der Waals surface area contributed by atoms with E-state index in [1.54, 1.807) is 6.07 Å². The summed E-state index contributed by atoms with van der Waals surface area (Å²) in [7, 11) is -3.58. The van der Waals surface area contributed by atoms with Gasteiger partial charge in [-0.15, -0.1) is 0 Å². The predicted octanol–water partition coefficient (Wildman–Crippen LogP) is 0.817. The molecular weight excluding hydrogens is 276 g/mol. The lowest BCUT2D eigenvalue weighted by atomic mass is 10.1. The Balaban J connectivity index is 1.99. The lowest BCUT2D eigenvalue weighted by Gasteiger charge is -2.31. The number of nitrogens with zero attached hydrogens (tertiary/aromatic N) is 2. The smallest absolute Gasteiger partial charge is 0.244 e. The Bertz CT molecular complexity index is 539. The SMILES string of the molecule is CCCN1CCC(NS(=O)(=O)c2cccnc2N)CC1. The van der Waals surface area contributed by atoms with E-state index in [-0.39, 0.29) is 16.8 Å². The van der Waals surface area contributed by atoms with E-state index in [0.717, 1.165) is 38.9 Å². The van der Waals surface area contributed by atoms with Gasteiger partial charge >= 0.3 is 0 Å². The van der Waals surface area contributed by atoms with Gasteiger partial charge in [0.05, 0.1) is 0 Å². The Hall–Kier alpha value is -1.18. The molecule has 0 aliphatic carbocycles. The molecule has 1 saturated heterocycles. The number of rotatable bonds is 5. The third-order valence-electron chi connectivity index (χ3n) is 3.54. The Kier molecular flexibility index (Phi) is 4.95. The van der Waals surface area contributed by atoms with Crippen LogP contribution in [0.1, 0.15) is 26.2 Å². The molecular formula is C13H22N4O2S. The summed E-state index contributed by atoms with van der Waals surface area (Å²) >= 11 is 0. The minimum absolute atomic E-state index is 0.0206. The Morgan fingerprint density at radius 3 is 2.75 bits per heavy atom. The minimum atomic E-state index is -3.58. The van der Waals surface area contributed by atoms with Crippen LogP contribution in [0.4, 0.5) is 5.82 Å². The van der Waals surface area contributed by atoms with Gasteiger partial charge in [-0.25, -0.2) is 18.1 Å². The van der Waals surface area contributed by atoms with Crippen molar-refractivity contribution < 1.29 is 8.42 Å². The van der Waals surface area contributed by atoms with Gasteiger partial charge in [0.2, 0.25) is 10.0 Å². The maximum atomic E-state index is 12.3. The highest BCUT2D eigenvalue weighted by atomic mass is 32.2. The molecule has 0 unspecified atom stereocenters. The molecule has 1 fully saturated rings. The lowest BCUT2D eigenvalue weighted by molar-refractivity contribution is 0.208. The normalized spacial score (nSPS) is 18.2. The van der Waals surface area contributed by atoms with E-state index in [0.29, 0.717) is 0 Å². The number of aromatic nitrogens is 1. The van der Waals surface area contributed by atoms with Crippen molar-refractivity contribution in [2.75, 3.05) is 25.4 Å². The zero-order valence-corrected chi connectivity index (χ0v) is 12.6. The van der Waals surface area contributed by atoms with Crippen LogP contribution in [0.15, 0.2) is 23.2 Å². The number of piperidine rings is 1. The van der Waals surface area contributed by atoms with E-state index >= 15 is 0 Å². The van der Waals surface area contributed by atoms with E-state index < -0.39 is 10.0 Å². The van der Waals surface area contributed by atoms with Crippen LogP contribution < -0.4 is 10.5 Å². The van der Waals surface area contributed by atoms with E-state index in [4.69, 9.17) is 5.73 Å². The molecule has 1 aliphatic rings. The Morgan fingerprint density at radius 2 is 2.15 bits per heavy atom. The highest BCUT2D eigenvalue weighted by Crippen LogP contribution is 2.18. The monoisotopic (exact) mass is 298 g/mol. The molecule has 2 rings (SSSR count). The van der Waals surface area contributed by atoms with Gasteiger partial charge in [0.1, 0.15) is 10.7 Å². The maximum absolute atomic E-state index is 12.3. The van der Waals surface area contributed by atoms with Crippen LogP contribution in [0.2, 0.25) is 0 Å². The van der Waals surface area contributed by atoms with Crippen molar-refractivity contribution in [3.05, 3.63) is 18.3 Å². The summed E-state index contributed by atoms with van der Waals surface area (Å²) in [5.74, 6) is 0.0448. The van der Waals surface area contributed by atoms with Gasteiger partial charge < -0.3 is 10.6 Å². The molecule has 0 radical (unpaired) electrons. The number of likely N-dealkylation sites (tertiary alicyclic amines) is 1. The Morgan fingerprint density at radius 1 is 1.45 bits per heavy atom. The van der Waals surface area contributed by atoms with Gasteiger partial charge in [-0.05, 0) is 51.0 Å². The van der Waals surface area contributed by atoms with Crippen LogP contribution >= 0.6 is 0 Å². The summed E-state index contributed by atoms with van der Waals surface area (Å²) in [6.07, 6.45) is 4.28. The molecule has 1 aliphatic heterocycles. The summed E-state index contributed by atoms with van der Waals surface area (Å²) in [5, 5.41) is 0. The number of pyridine rings is 1. The minimum Gasteiger partial charge on any atom is -0.383 e. The number of sulfonamides is 1. The van der Waals surface area contributed by atoms with Crippen LogP contribution in [0, 0.1) is 0 Å². The molecule has 6 nitrogen and oxygen atoms in total. The molecule has 0 aromatic carbocycles. The second-order valence-electron chi connectivity index (χ2n) is 5.12. The molecule has 7 heteroatoms. The first-order valence-corrected chi connectivity index (χ1v) is 8.46. The fraction of sp³-hybridized carbons (Fsp3) is 0.615. The first-order valence-electron chi connectivity index (χ1n) is 6.98. The lowest BCUT2D eigenvalue weighted by Crippen LogP contribution is -2.44. The fourth-order valence-electron chi connectivity index (χ4n) is 2.50. The summed E-state index contributed by atoms with van der Waals surface area (Å²) in [6, 6.07) is 3.04. The molecule has 0 atom stereocenters. The molecule has 1 aromatic heterocycles. The van der Waals surface area contributed by atoms with Crippen molar-refractivity contribution >= 4 is 15.8 Å². The van der Waals surface area contributed by atoms with Gasteiger partial charge in [0.15, 0.2) is 0 Å². The van der Waals surface area contributed by atoms with E-state index in [1.165, 1.54) is 12.3 Å². The van der Waals surface area contributed by atoms with Crippen LogP contribution in [0.25, 0.3) is 0 Å². The fourth-order valence-corrected chi connectivity index (χ4v) is 3.89. The highest BCUT2D eigenvalue weighted by Gasteiger charge is 2.25. The first kappa shape index (κ1) is 15.2. The average molecular weight is 298 g/mol. The molecule has 112 valence electrons. The van der Waals surface area contributed by atoms with E-state index in [1.807, 2.05) is 0 Å². The zero-order valence-electron chi connectivity index (χ0n) is 11.7. The molecule has 0 spiro atoms. The molecule has 1 aromatic rings. The summed E-state index contributed by atoms with van der Waals surface area (Å²) in [4.78, 5) is 6.26. The molecule has 0 amide bonds. The maximum Gasteiger partial charge on any atom is 0.244 e. The number of anilines is 1. The highest BCUT2D eigenvalue weighted by molar-refractivity contribution is 7.89. The van der Waals surface area contributed by atoms with Crippen LogP contribution in [0.5, 0.6) is 0 Å². The standard InChI is InChI=1S/C13H22N4O2S/c1-2-8-17-9-5-11(6-10-17)16-20(18,19)12-4-3-7-15-13(12)14/h3-4,7,11,16H,2,5-6,8-10H2,1H3,(H2,14,15). The predicted molar refractivity (Wildman–Crippen MR) is 78.7 cm³/mol. The molecule has 3 N–H and O–H groups in total. The molecule has 0 bridgehead atoms. The van der Waals surface area contributed by atoms with E-state index in [9.17, 15) is 8.42 Å². The van der Waals surface area contributed by atoms with Crippen molar-refractivity contribution in [1.82, 2.24) is 14.6 Å². The van der Waals surface area contributed by atoms with Crippen molar-refractivity contribution in [1.29, 1.82) is 0 Å². The van der Waals surface area contributed by atoms with Crippen LogP contribution in [-0.2, 0) is 10.0 Å². The van der Waals surface area contributed by atoms with E-state index in [2.05, 4.69) is 21.5 Å². The van der Waals surface area contributed by atoms with Crippen molar-refractivity contribution in [3.63, 3.8) is 0 Å². The van der Waals surface area contributed by atoms with Gasteiger partial charge in [0.25, 0.3) is 0 Å². The number of nitrogens with two attached hydrogens (primary N) is 1. The number of nitrogens with one attached hydrogen (secondary N) is 1. The summed E-state index contributed by atoms with van der Waals surface area (Å²) < 4.78 is 27.3. The number of hydrogen-bond donors (Lipinski definition) is 2. The Labute approximate surface area is 120 Å². The number of hydrogen-bond acceptors (Lipinski definition) is 5.